The highest BCUT2D eigenvalue weighted by molar-refractivity contribution is 7.13. The molecule has 2 rings (SSSR count). The highest BCUT2D eigenvalue weighted by Crippen LogP contribution is 2.23. The normalized spacial score (nSPS) is 11.8. The van der Waals surface area contributed by atoms with Gasteiger partial charge in [-0.2, -0.15) is 0 Å². The molecule has 0 spiro atoms. The number of carbonyl (C=O) groups excluding carboxylic acids is 1. The fourth-order valence-corrected chi connectivity index (χ4v) is 2.86. The first-order valence-corrected chi connectivity index (χ1v) is 7.94. The minimum atomic E-state index is -1.02. The van der Waals surface area contributed by atoms with Crippen molar-refractivity contribution in [3.05, 3.63) is 44.9 Å². The number of nitrogens with one attached hydrogen (secondary N) is 1. The molecule has 1 aromatic carbocycles. The van der Waals surface area contributed by atoms with Gasteiger partial charge in [0.2, 0.25) is 0 Å². The number of benzene rings is 1. The fraction of sp³-hybridized carbons (Fsp3) is 0.267. The van der Waals surface area contributed by atoms with E-state index in [0.717, 1.165) is 11.3 Å². The van der Waals surface area contributed by atoms with Gasteiger partial charge in [-0.25, -0.2) is 9.78 Å². The molecule has 1 amide bonds. The van der Waals surface area contributed by atoms with Gasteiger partial charge >= 0.3 is 5.97 Å². The van der Waals surface area contributed by atoms with Crippen LogP contribution in [0.5, 0.6) is 5.75 Å². The number of carbonyl (C=O) groups is 2. The maximum absolute atomic E-state index is 11.9. The Kier molecular flexibility index (Phi) is 5.57. The molecule has 1 unspecified atom stereocenters. The lowest BCUT2D eigenvalue weighted by atomic mass is 10.3. The summed E-state index contributed by atoms with van der Waals surface area (Å²) in [5, 5.41) is 12.9. The lowest BCUT2D eigenvalue weighted by Gasteiger charge is -2.12. The first-order chi connectivity index (χ1) is 10.9. The van der Waals surface area contributed by atoms with E-state index in [9.17, 15) is 9.59 Å². The highest BCUT2D eigenvalue weighted by Gasteiger charge is 2.19. The number of halogens is 1. The Morgan fingerprint density at radius 1 is 1.39 bits per heavy atom. The minimum Gasteiger partial charge on any atom is -0.484 e. The van der Waals surface area contributed by atoms with E-state index in [1.165, 1.54) is 0 Å². The van der Waals surface area contributed by atoms with Crippen LogP contribution in [0.4, 0.5) is 0 Å². The molecule has 6 nitrogen and oxygen atoms in total. The topological polar surface area (TPSA) is 88.5 Å². The van der Waals surface area contributed by atoms with E-state index in [0.29, 0.717) is 21.5 Å². The van der Waals surface area contributed by atoms with Crippen molar-refractivity contribution in [1.82, 2.24) is 10.3 Å². The molecule has 0 aliphatic rings. The van der Waals surface area contributed by atoms with Gasteiger partial charge in [0.05, 0.1) is 11.7 Å². The molecule has 0 bridgehead atoms. The zero-order chi connectivity index (χ0) is 17.0. The molecule has 0 saturated carbocycles. The minimum absolute atomic E-state index is 0.151. The third-order valence-corrected chi connectivity index (χ3v) is 4.52. The van der Waals surface area contributed by atoms with Crippen molar-refractivity contribution in [3.8, 4) is 5.75 Å². The second-order valence-corrected chi connectivity index (χ2v) is 6.27. The third-order valence-electron chi connectivity index (χ3n) is 2.94. The summed E-state index contributed by atoms with van der Waals surface area (Å²) in [6.45, 7) is 3.22. The Bertz CT molecular complexity index is 715. The average Bonchev–Trinajstić information content (AvgIpc) is 2.89. The number of carboxylic acids is 1. The Labute approximate surface area is 142 Å². The summed E-state index contributed by atoms with van der Waals surface area (Å²) >= 11 is 6.82. The van der Waals surface area contributed by atoms with Crippen LogP contribution in [0.3, 0.4) is 0 Å². The van der Waals surface area contributed by atoms with Crippen molar-refractivity contribution >= 4 is 34.8 Å². The van der Waals surface area contributed by atoms with E-state index in [-0.39, 0.29) is 17.4 Å². The second-order valence-electron chi connectivity index (χ2n) is 4.80. The monoisotopic (exact) mass is 354 g/mol. The molecule has 2 N–H and O–H groups in total. The lowest BCUT2D eigenvalue weighted by Crippen LogP contribution is -2.31. The van der Waals surface area contributed by atoms with Crippen LogP contribution in [0.2, 0.25) is 5.02 Å². The molecule has 0 aliphatic carbocycles. The fourth-order valence-electron chi connectivity index (χ4n) is 1.83. The number of ether oxygens (including phenoxy) is 1. The van der Waals surface area contributed by atoms with Crippen molar-refractivity contribution in [2.75, 3.05) is 6.61 Å². The summed E-state index contributed by atoms with van der Waals surface area (Å²) in [5.74, 6) is -0.802. The maximum atomic E-state index is 11.9. The Hall–Kier alpha value is -2.12. The number of hydrogen-bond donors (Lipinski definition) is 2. The third kappa shape index (κ3) is 4.67. The van der Waals surface area contributed by atoms with Gasteiger partial charge in [0, 0.05) is 5.02 Å². The number of amides is 1. The van der Waals surface area contributed by atoms with E-state index >= 15 is 0 Å². The van der Waals surface area contributed by atoms with Crippen molar-refractivity contribution in [2.45, 2.75) is 19.9 Å². The predicted molar refractivity (Wildman–Crippen MR) is 87.3 cm³/mol. The van der Waals surface area contributed by atoms with Gasteiger partial charge in [-0.15, -0.1) is 11.3 Å². The van der Waals surface area contributed by atoms with Crippen molar-refractivity contribution < 1.29 is 19.4 Å². The molecule has 0 radical (unpaired) electrons. The van der Waals surface area contributed by atoms with Crippen LogP contribution in [-0.2, 0) is 4.79 Å². The molecule has 1 atom stereocenters. The van der Waals surface area contributed by atoms with Crippen molar-refractivity contribution in [3.63, 3.8) is 0 Å². The molecule has 1 aromatic heterocycles. The van der Waals surface area contributed by atoms with Gasteiger partial charge < -0.3 is 15.2 Å². The second kappa shape index (κ2) is 7.43. The molecule has 0 fully saturated rings. The SMILES string of the molecule is Cc1nc(C(C)NC(=O)COc2ccc(Cl)cc2)sc1C(=O)O. The molecule has 23 heavy (non-hydrogen) atoms. The first kappa shape index (κ1) is 17.2. The Morgan fingerprint density at radius 2 is 2.04 bits per heavy atom. The van der Waals surface area contributed by atoms with Crippen LogP contribution >= 0.6 is 22.9 Å². The molecular weight excluding hydrogens is 340 g/mol. The summed E-state index contributed by atoms with van der Waals surface area (Å²) in [6, 6.07) is 6.28. The molecule has 0 saturated heterocycles. The maximum Gasteiger partial charge on any atom is 0.347 e. The largest absolute Gasteiger partial charge is 0.484 e. The van der Waals surface area contributed by atoms with Crippen LogP contribution in [0.1, 0.15) is 33.3 Å². The number of nitrogens with zero attached hydrogens (tertiary/aromatic N) is 1. The molecule has 2 aromatic rings. The number of thiazole rings is 1. The molecule has 1 heterocycles. The van der Waals surface area contributed by atoms with Gasteiger partial charge in [0.25, 0.3) is 5.91 Å². The summed E-state index contributed by atoms with van der Waals surface area (Å²) in [6.07, 6.45) is 0. The van der Waals surface area contributed by atoms with Crippen molar-refractivity contribution in [2.24, 2.45) is 0 Å². The van der Waals surface area contributed by atoms with Gasteiger partial charge in [-0.05, 0) is 38.1 Å². The Morgan fingerprint density at radius 3 is 2.61 bits per heavy atom. The summed E-state index contributed by atoms with van der Waals surface area (Å²) < 4.78 is 5.34. The van der Waals surface area contributed by atoms with Crippen LogP contribution in [0.15, 0.2) is 24.3 Å². The smallest absolute Gasteiger partial charge is 0.347 e. The van der Waals surface area contributed by atoms with E-state index < -0.39 is 12.0 Å². The van der Waals surface area contributed by atoms with Gasteiger partial charge in [-0.3, -0.25) is 4.79 Å². The van der Waals surface area contributed by atoms with Gasteiger partial charge in [0.1, 0.15) is 15.6 Å². The summed E-state index contributed by atoms with van der Waals surface area (Å²) in [5.41, 5.74) is 0.441. The van der Waals surface area contributed by atoms with E-state index in [4.69, 9.17) is 21.4 Å². The standard InChI is InChI=1S/C15H15ClN2O4S/c1-8-13(15(20)21)23-14(18-8)9(2)17-12(19)7-22-11-5-3-10(16)4-6-11/h3-6,9H,7H2,1-2H3,(H,17,19)(H,20,21). The quantitative estimate of drug-likeness (QED) is 0.832. The molecule has 8 heteroatoms. The molecular formula is C15H15ClN2O4S. The number of aromatic carboxylic acids is 1. The summed E-state index contributed by atoms with van der Waals surface area (Å²) in [7, 11) is 0. The van der Waals surface area contributed by atoms with Gasteiger partial charge in [0.15, 0.2) is 6.61 Å². The Balaban J connectivity index is 1.90. The highest BCUT2D eigenvalue weighted by atomic mass is 35.5. The lowest BCUT2D eigenvalue weighted by molar-refractivity contribution is -0.123. The van der Waals surface area contributed by atoms with Crippen LogP contribution in [-0.4, -0.2) is 28.6 Å². The van der Waals surface area contributed by atoms with Crippen LogP contribution in [0.25, 0.3) is 0 Å². The molecule has 0 aliphatic heterocycles. The van der Waals surface area contributed by atoms with E-state index in [1.54, 1.807) is 38.1 Å². The van der Waals surface area contributed by atoms with Crippen LogP contribution < -0.4 is 10.1 Å². The van der Waals surface area contributed by atoms with Crippen LogP contribution in [0, 0.1) is 6.92 Å². The number of aryl methyl sites for hydroxylation is 1. The zero-order valence-electron chi connectivity index (χ0n) is 12.5. The van der Waals surface area contributed by atoms with Gasteiger partial charge in [-0.1, -0.05) is 11.6 Å². The number of rotatable bonds is 6. The van der Waals surface area contributed by atoms with E-state index in [1.807, 2.05) is 0 Å². The predicted octanol–water partition coefficient (Wildman–Crippen LogP) is 3.06. The summed E-state index contributed by atoms with van der Waals surface area (Å²) in [4.78, 5) is 27.3. The first-order valence-electron chi connectivity index (χ1n) is 6.75. The van der Waals surface area contributed by atoms with E-state index in [2.05, 4.69) is 10.3 Å². The van der Waals surface area contributed by atoms with Crippen molar-refractivity contribution in [1.29, 1.82) is 0 Å². The number of hydrogen-bond acceptors (Lipinski definition) is 5. The number of aromatic nitrogens is 1. The molecule has 122 valence electrons. The zero-order valence-corrected chi connectivity index (χ0v) is 14.1. The average molecular weight is 355 g/mol. The number of carboxylic acid groups (broad SMARTS) is 1.